The van der Waals surface area contributed by atoms with Gasteiger partial charge in [0.15, 0.2) is 0 Å². The molecule has 3 nitrogen and oxygen atoms in total. The molecule has 0 saturated carbocycles. The molecule has 1 unspecified atom stereocenters. The molecule has 0 spiro atoms. The van der Waals surface area contributed by atoms with Crippen LogP contribution in [0.1, 0.15) is 25.7 Å². The summed E-state index contributed by atoms with van der Waals surface area (Å²) in [6.45, 7) is 3.22. The lowest BCUT2D eigenvalue weighted by atomic mass is 10.1. The van der Waals surface area contributed by atoms with Gasteiger partial charge in [0.05, 0.1) is 11.8 Å². The molecule has 0 aromatic heterocycles. The van der Waals surface area contributed by atoms with E-state index in [4.69, 9.17) is 10.5 Å². The van der Waals surface area contributed by atoms with Gasteiger partial charge >= 0.3 is 0 Å². The third-order valence-electron chi connectivity index (χ3n) is 3.92. The average molecular weight is 278 g/mol. The maximum atomic E-state index is 5.92. The van der Waals surface area contributed by atoms with Gasteiger partial charge in [0, 0.05) is 36.0 Å². The molecule has 2 aliphatic rings. The Labute approximate surface area is 119 Å². The fourth-order valence-electron chi connectivity index (χ4n) is 2.90. The minimum Gasteiger partial charge on any atom is -0.399 e. The van der Waals surface area contributed by atoms with Crippen LogP contribution >= 0.6 is 11.8 Å². The summed E-state index contributed by atoms with van der Waals surface area (Å²) in [6, 6.07) is 6.27. The smallest absolute Gasteiger partial charge is 0.0576 e. The quantitative estimate of drug-likeness (QED) is 0.859. The molecule has 1 fully saturated rings. The number of nitrogens with two attached hydrogens (primary N) is 1. The van der Waals surface area contributed by atoms with E-state index in [1.165, 1.54) is 42.0 Å². The molecule has 4 heteroatoms. The van der Waals surface area contributed by atoms with Crippen LogP contribution in [-0.4, -0.2) is 31.6 Å². The van der Waals surface area contributed by atoms with Crippen molar-refractivity contribution in [3.63, 3.8) is 0 Å². The van der Waals surface area contributed by atoms with E-state index >= 15 is 0 Å². The second-order valence-electron chi connectivity index (χ2n) is 5.34. The number of hydrogen-bond donors (Lipinski definition) is 1. The lowest BCUT2D eigenvalue weighted by molar-refractivity contribution is 0.103. The summed E-state index contributed by atoms with van der Waals surface area (Å²) in [7, 11) is 0. The zero-order valence-electron chi connectivity index (χ0n) is 11.3. The van der Waals surface area contributed by atoms with Crippen molar-refractivity contribution in [3.8, 4) is 0 Å². The van der Waals surface area contributed by atoms with Crippen molar-refractivity contribution in [2.45, 2.75) is 36.7 Å². The highest BCUT2D eigenvalue weighted by Crippen LogP contribution is 2.36. The third kappa shape index (κ3) is 3.18. The fourth-order valence-corrected chi connectivity index (χ4v) is 3.94. The Morgan fingerprint density at radius 2 is 2.37 bits per heavy atom. The zero-order valence-corrected chi connectivity index (χ0v) is 12.1. The first-order chi connectivity index (χ1) is 9.33. The number of fused-ring (bicyclic) bond motifs is 1. The maximum absolute atomic E-state index is 5.92. The minimum atomic E-state index is 0.513. The summed E-state index contributed by atoms with van der Waals surface area (Å²) in [6.07, 6.45) is 5.41. The van der Waals surface area contributed by atoms with Crippen molar-refractivity contribution in [2.24, 2.45) is 0 Å². The lowest BCUT2D eigenvalue weighted by Crippen LogP contribution is -2.30. The number of hydrogen-bond acceptors (Lipinski definition) is 4. The van der Waals surface area contributed by atoms with E-state index in [0.717, 1.165) is 25.4 Å². The first kappa shape index (κ1) is 13.1. The maximum Gasteiger partial charge on any atom is 0.0576 e. The Morgan fingerprint density at radius 3 is 3.21 bits per heavy atom. The summed E-state index contributed by atoms with van der Waals surface area (Å²) in [4.78, 5) is 3.86. The van der Waals surface area contributed by atoms with Gasteiger partial charge in [-0.15, -0.1) is 11.8 Å². The molecule has 1 atom stereocenters. The fraction of sp³-hybridized carbons (Fsp3) is 0.600. The molecular weight excluding hydrogens is 256 g/mol. The monoisotopic (exact) mass is 278 g/mol. The van der Waals surface area contributed by atoms with Crippen LogP contribution in [0.5, 0.6) is 0 Å². The first-order valence-corrected chi connectivity index (χ1v) is 8.20. The number of nitrogen functional groups attached to an aromatic ring is 1. The van der Waals surface area contributed by atoms with Gasteiger partial charge in [-0.3, -0.25) is 0 Å². The van der Waals surface area contributed by atoms with Crippen LogP contribution in [0.25, 0.3) is 0 Å². The molecule has 104 valence electrons. The van der Waals surface area contributed by atoms with Crippen LogP contribution in [-0.2, 0) is 4.74 Å². The SMILES string of the molecule is Nc1ccc2c(c1)N(CCCC1CCCO1)CCS2. The largest absolute Gasteiger partial charge is 0.399 e. The predicted molar refractivity (Wildman–Crippen MR) is 82.0 cm³/mol. The van der Waals surface area contributed by atoms with E-state index in [2.05, 4.69) is 17.0 Å². The van der Waals surface area contributed by atoms with Crippen LogP contribution in [0.15, 0.2) is 23.1 Å². The van der Waals surface area contributed by atoms with Gasteiger partial charge in [0.1, 0.15) is 0 Å². The number of anilines is 2. The Bertz CT molecular complexity index is 432. The molecule has 2 aliphatic heterocycles. The van der Waals surface area contributed by atoms with Crippen molar-refractivity contribution in [1.29, 1.82) is 0 Å². The van der Waals surface area contributed by atoms with Gasteiger partial charge < -0.3 is 15.4 Å². The Balaban J connectivity index is 1.58. The molecule has 1 aromatic rings. The second kappa shape index (κ2) is 6.06. The number of ether oxygens (including phenoxy) is 1. The highest BCUT2D eigenvalue weighted by molar-refractivity contribution is 7.99. The number of nitrogens with zero attached hydrogens (tertiary/aromatic N) is 1. The van der Waals surface area contributed by atoms with Crippen LogP contribution < -0.4 is 10.6 Å². The number of thioether (sulfide) groups is 1. The van der Waals surface area contributed by atoms with Crippen LogP contribution in [0.2, 0.25) is 0 Å². The highest BCUT2D eigenvalue weighted by atomic mass is 32.2. The van der Waals surface area contributed by atoms with Gasteiger partial charge in [-0.25, -0.2) is 0 Å². The Morgan fingerprint density at radius 1 is 1.42 bits per heavy atom. The Kier molecular flexibility index (Phi) is 4.18. The molecule has 2 heterocycles. The van der Waals surface area contributed by atoms with E-state index < -0.39 is 0 Å². The van der Waals surface area contributed by atoms with Crippen LogP contribution in [0.3, 0.4) is 0 Å². The van der Waals surface area contributed by atoms with Crippen molar-refractivity contribution >= 4 is 23.1 Å². The number of benzene rings is 1. The average Bonchev–Trinajstić information content (AvgIpc) is 2.92. The van der Waals surface area contributed by atoms with E-state index in [0.29, 0.717) is 6.10 Å². The molecule has 1 saturated heterocycles. The van der Waals surface area contributed by atoms with E-state index in [1.54, 1.807) is 0 Å². The highest BCUT2D eigenvalue weighted by Gasteiger charge is 2.19. The second-order valence-corrected chi connectivity index (χ2v) is 6.48. The Hall–Kier alpha value is -0.870. The van der Waals surface area contributed by atoms with Crippen molar-refractivity contribution < 1.29 is 4.74 Å². The molecule has 1 aromatic carbocycles. The first-order valence-electron chi connectivity index (χ1n) is 7.22. The molecule has 3 rings (SSSR count). The van der Waals surface area contributed by atoms with Crippen LogP contribution in [0.4, 0.5) is 11.4 Å². The minimum absolute atomic E-state index is 0.513. The van der Waals surface area contributed by atoms with E-state index in [1.807, 2.05) is 17.8 Å². The summed E-state index contributed by atoms with van der Waals surface area (Å²) in [5, 5.41) is 0. The third-order valence-corrected chi connectivity index (χ3v) is 4.96. The predicted octanol–water partition coefficient (Wildman–Crippen LogP) is 3.14. The topological polar surface area (TPSA) is 38.5 Å². The standard InChI is InChI=1S/C15H22N2OS/c16-12-5-6-15-14(11-12)17(8-10-19-15)7-1-3-13-4-2-9-18-13/h5-6,11,13H,1-4,7-10,16H2. The molecule has 19 heavy (non-hydrogen) atoms. The summed E-state index contributed by atoms with van der Waals surface area (Å²) < 4.78 is 5.69. The van der Waals surface area contributed by atoms with Crippen molar-refractivity contribution in [2.75, 3.05) is 36.1 Å². The summed E-state index contributed by atoms with van der Waals surface area (Å²) in [5.41, 5.74) is 8.11. The van der Waals surface area contributed by atoms with Crippen molar-refractivity contribution in [1.82, 2.24) is 0 Å². The molecule has 0 radical (unpaired) electrons. The van der Waals surface area contributed by atoms with Gasteiger partial charge in [-0.1, -0.05) is 0 Å². The van der Waals surface area contributed by atoms with Gasteiger partial charge in [0.2, 0.25) is 0 Å². The molecule has 2 N–H and O–H groups in total. The molecular formula is C15H22N2OS. The van der Waals surface area contributed by atoms with E-state index in [9.17, 15) is 0 Å². The summed E-state index contributed by atoms with van der Waals surface area (Å²) in [5.74, 6) is 1.18. The molecule has 0 aliphatic carbocycles. The van der Waals surface area contributed by atoms with Gasteiger partial charge in [-0.2, -0.15) is 0 Å². The normalized spacial score (nSPS) is 22.5. The summed E-state index contributed by atoms with van der Waals surface area (Å²) >= 11 is 1.94. The van der Waals surface area contributed by atoms with Crippen LogP contribution in [0, 0.1) is 0 Å². The zero-order chi connectivity index (χ0) is 13.1. The van der Waals surface area contributed by atoms with Crippen molar-refractivity contribution in [3.05, 3.63) is 18.2 Å². The van der Waals surface area contributed by atoms with Gasteiger partial charge in [-0.05, 0) is 43.9 Å². The van der Waals surface area contributed by atoms with Gasteiger partial charge in [0.25, 0.3) is 0 Å². The number of rotatable bonds is 4. The lowest BCUT2D eigenvalue weighted by Gasteiger charge is -2.31. The van der Waals surface area contributed by atoms with E-state index in [-0.39, 0.29) is 0 Å². The molecule has 0 bridgehead atoms. The molecule has 0 amide bonds.